The number of halogens is 1. The molecule has 0 unspecified atom stereocenters. The molecule has 0 fully saturated rings. The van der Waals surface area contributed by atoms with E-state index in [4.69, 9.17) is 11.6 Å². The summed E-state index contributed by atoms with van der Waals surface area (Å²) in [6, 6.07) is 13.5. The van der Waals surface area contributed by atoms with Gasteiger partial charge in [0, 0.05) is 12.6 Å². The smallest absolute Gasteiger partial charge is 0.280 e. The van der Waals surface area contributed by atoms with Gasteiger partial charge >= 0.3 is 0 Å². The second-order valence-corrected chi connectivity index (χ2v) is 7.17. The molecule has 0 aliphatic carbocycles. The van der Waals surface area contributed by atoms with E-state index in [0.29, 0.717) is 5.56 Å². The summed E-state index contributed by atoms with van der Waals surface area (Å²) in [6.45, 7) is -0.724. The number of para-hydroxylation sites is 1. The van der Waals surface area contributed by atoms with Crippen LogP contribution in [0.25, 0.3) is 0 Å². The molecular formula is C15H13ClN2O5S. The lowest BCUT2D eigenvalue weighted by atomic mass is 10.2. The van der Waals surface area contributed by atoms with Crippen molar-refractivity contribution in [1.82, 2.24) is 4.31 Å². The molecule has 0 atom stereocenters. The standard InChI is InChI=1S/C15H13ClN2O5S/c16-15(19)11-17(10-12-6-2-1-3-7-12)24(22,23)14-9-5-4-8-13(14)18(20)21/h1-9H,10-11H2. The molecule has 0 aliphatic heterocycles. The molecule has 9 heteroatoms. The third-order valence-electron chi connectivity index (χ3n) is 3.18. The summed E-state index contributed by atoms with van der Waals surface area (Å²) < 4.78 is 26.4. The van der Waals surface area contributed by atoms with Gasteiger partial charge in [-0.2, -0.15) is 4.31 Å². The summed E-state index contributed by atoms with van der Waals surface area (Å²) in [5.41, 5.74) is 0.0650. The Hall–Kier alpha value is -2.29. The summed E-state index contributed by atoms with van der Waals surface area (Å²) in [7, 11) is -4.28. The van der Waals surface area contributed by atoms with Gasteiger partial charge in [0.1, 0.15) is 0 Å². The summed E-state index contributed by atoms with van der Waals surface area (Å²) in [6.07, 6.45) is 0. The molecule has 0 heterocycles. The number of carbonyl (C=O) groups is 1. The van der Waals surface area contributed by atoms with Gasteiger partial charge < -0.3 is 0 Å². The maximum absolute atomic E-state index is 12.8. The molecule has 0 aliphatic rings. The van der Waals surface area contributed by atoms with Crippen molar-refractivity contribution in [2.75, 3.05) is 6.54 Å². The molecule has 0 radical (unpaired) electrons. The van der Waals surface area contributed by atoms with E-state index in [9.17, 15) is 23.3 Å². The molecule has 2 rings (SSSR count). The Labute approximate surface area is 143 Å². The Balaban J connectivity index is 2.48. The second kappa shape index (κ2) is 7.52. The van der Waals surface area contributed by atoms with Crippen LogP contribution in [-0.4, -0.2) is 29.4 Å². The zero-order chi connectivity index (χ0) is 17.7. The van der Waals surface area contributed by atoms with E-state index in [-0.39, 0.29) is 6.54 Å². The largest absolute Gasteiger partial charge is 0.289 e. The van der Waals surface area contributed by atoms with E-state index in [1.807, 2.05) is 0 Å². The van der Waals surface area contributed by atoms with Crippen molar-refractivity contribution >= 4 is 32.6 Å². The molecule has 7 nitrogen and oxygen atoms in total. The number of sulfonamides is 1. The zero-order valence-corrected chi connectivity index (χ0v) is 13.9. The average Bonchev–Trinajstić information content (AvgIpc) is 2.54. The minimum absolute atomic E-state index is 0.131. The van der Waals surface area contributed by atoms with Crippen molar-refractivity contribution in [3.05, 3.63) is 70.3 Å². The minimum Gasteiger partial charge on any atom is -0.280 e. The quantitative estimate of drug-likeness (QED) is 0.425. The summed E-state index contributed by atoms with van der Waals surface area (Å²) in [5, 5.41) is 10.2. The summed E-state index contributed by atoms with van der Waals surface area (Å²) in [4.78, 5) is 21.1. The van der Waals surface area contributed by atoms with Gasteiger partial charge in [-0.15, -0.1) is 0 Å². The maximum atomic E-state index is 12.8. The van der Waals surface area contributed by atoms with Gasteiger partial charge in [0.05, 0.1) is 11.5 Å². The molecule has 0 amide bonds. The lowest BCUT2D eigenvalue weighted by Crippen LogP contribution is -2.34. The second-order valence-electron chi connectivity index (χ2n) is 4.84. The van der Waals surface area contributed by atoms with Gasteiger partial charge in [0.2, 0.25) is 5.24 Å². The third kappa shape index (κ3) is 4.16. The van der Waals surface area contributed by atoms with Crippen molar-refractivity contribution in [3.8, 4) is 0 Å². The Kier molecular flexibility index (Phi) is 5.66. The topological polar surface area (TPSA) is 97.6 Å². The van der Waals surface area contributed by atoms with Gasteiger partial charge in [-0.25, -0.2) is 8.42 Å². The number of nitro groups is 1. The van der Waals surface area contributed by atoms with Crippen molar-refractivity contribution in [3.63, 3.8) is 0 Å². The Morgan fingerprint density at radius 3 is 2.25 bits per heavy atom. The molecule has 24 heavy (non-hydrogen) atoms. The Bertz CT molecular complexity index is 855. The number of hydrogen-bond acceptors (Lipinski definition) is 5. The lowest BCUT2D eigenvalue weighted by Gasteiger charge is -2.20. The van der Waals surface area contributed by atoms with Gasteiger partial charge in [-0.3, -0.25) is 14.9 Å². The van der Waals surface area contributed by atoms with E-state index in [2.05, 4.69) is 0 Å². The van der Waals surface area contributed by atoms with Crippen LogP contribution in [0.1, 0.15) is 5.56 Å². The molecule has 0 spiro atoms. The van der Waals surface area contributed by atoms with Crippen LogP contribution in [0, 0.1) is 10.1 Å². The van der Waals surface area contributed by atoms with Crippen LogP contribution >= 0.6 is 11.6 Å². The fraction of sp³-hybridized carbons (Fsp3) is 0.133. The van der Waals surface area contributed by atoms with E-state index in [0.717, 1.165) is 16.4 Å². The summed E-state index contributed by atoms with van der Waals surface area (Å²) in [5.74, 6) is 0. The number of nitrogens with zero attached hydrogens (tertiary/aromatic N) is 2. The van der Waals surface area contributed by atoms with Crippen LogP contribution in [-0.2, 0) is 21.4 Å². The fourth-order valence-corrected chi connectivity index (χ4v) is 3.87. The molecule has 0 N–H and O–H groups in total. The first-order valence-corrected chi connectivity index (χ1v) is 8.60. The van der Waals surface area contributed by atoms with E-state index < -0.39 is 37.3 Å². The summed E-state index contributed by atoms with van der Waals surface area (Å²) >= 11 is 5.36. The van der Waals surface area contributed by atoms with E-state index >= 15 is 0 Å². The van der Waals surface area contributed by atoms with Crippen LogP contribution in [0.3, 0.4) is 0 Å². The Morgan fingerprint density at radius 1 is 1.08 bits per heavy atom. The zero-order valence-electron chi connectivity index (χ0n) is 12.3. The monoisotopic (exact) mass is 368 g/mol. The molecule has 2 aromatic rings. The number of hydrogen-bond donors (Lipinski definition) is 0. The molecular weight excluding hydrogens is 356 g/mol. The van der Waals surface area contributed by atoms with E-state index in [1.165, 1.54) is 12.1 Å². The van der Waals surface area contributed by atoms with Crippen LogP contribution in [0.4, 0.5) is 5.69 Å². The first-order valence-electron chi connectivity index (χ1n) is 6.78. The van der Waals surface area contributed by atoms with Gasteiger partial charge in [-0.05, 0) is 23.2 Å². The third-order valence-corrected chi connectivity index (χ3v) is 5.14. The predicted molar refractivity (Wildman–Crippen MR) is 88.0 cm³/mol. The highest BCUT2D eigenvalue weighted by Gasteiger charge is 2.32. The normalized spacial score (nSPS) is 11.4. The highest BCUT2D eigenvalue weighted by molar-refractivity contribution is 7.89. The molecule has 2 aromatic carbocycles. The first kappa shape index (κ1) is 18.1. The van der Waals surface area contributed by atoms with Crippen LogP contribution < -0.4 is 0 Å². The number of carbonyl (C=O) groups excluding carboxylic acids is 1. The van der Waals surface area contributed by atoms with Crippen molar-refractivity contribution in [1.29, 1.82) is 0 Å². The molecule has 0 bridgehead atoms. The van der Waals surface area contributed by atoms with Gasteiger partial charge in [0.15, 0.2) is 4.90 Å². The Morgan fingerprint density at radius 2 is 1.67 bits per heavy atom. The van der Waals surface area contributed by atoms with E-state index in [1.54, 1.807) is 30.3 Å². The molecule has 0 saturated carbocycles. The van der Waals surface area contributed by atoms with Crippen LogP contribution in [0.15, 0.2) is 59.5 Å². The highest BCUT2D eigenvalue weighted by Crippen LogP contribution is 2.27. The number of benzene rings is 2. The average molecular weight is 369 g/mol. The fourth-order valence-electron chi connectivity index (χ4n) is 2.12. The van der Waals surface area contributed by atoms with Gasteiger partial charge in [0.25, 0.3) is 15.7 Å². The highest BCUT2D eigenvalue weighted by atomic mass is 35.5. The van der Waals surface area contributed by atoms with Crippen molar-refractivity contribution < 1.29 is 18.1 Å². The SMILES string of the molecule is O=C(Cl)CN(Cc1ccccc1)S(=O)(=O)c1ccccc1[N+](=O)[O-]. The van der Waals surface area contributed by atoms with Crippen LogP contribution in [0.5, 0.6) is 0 Å². The first-order chi connectivity index (χ1) is 11.3. The van der Waals surface area contributed by atoms with Crippen molar-refractivity contribution in [2.45, 2.75) is 11.4 Å². The molecule has 126 valence electrons. The number of rotatable bonds is 7. The van der Waals surface area contributed by atoms with Crippen LogP contribution in [0.2, 0.25) is 0 Å². The van der Waals surface area contributed by atoms with Gasteiger partial charge in [-0.1, -0.05) is 42.5 Å². The predicted octanol–water partition coefficient (Wildman–Crippen LogP) is 2.55. The molecule has 0 saturated heterocycles. The maximum Gasteiger partial charge on any atom is 0.289 e. The molecule has 0 aromatic heterocycles. The lowest BCUT2D eigenvalue weighted by molar-refractivity contribution is -0.387. The van der Waals surface area contributed by atoms with Crippen molar-refractivity contribution in [2.24, 2.45) is 0 Å². The minimum atomic E-state index is -4.28. The number of nitro benzene ring substituents is 1.